The Morgan fingerprint density at radius 3 is 2.50 bits per heavy atom. The highest BCUT2D eigenvalue weighted by atomic mass is 16.5. The number of carbonyl (C=O) groups excluding carboxylic acids is 2. The van der Waals surface area contributed by atoms with Gasteiger partial charge in [0.1, 0.15) is 6.04 Å². The third-order valence-corrected chi connectivity index (χ3v) is 5.30. The molecule has 1 aliphatic heterocycles. The summed E-state index contributed by atoms with van der Waals surface area (Å²) in [6, 6.07) is 8.77. The fourth-order valence-corrected chi connectivity index (χ4v) is 3.90. The number of hydrogen-bond acceptors (Lipinski definition) is 3. The Kier molecular flexibility index (Phi) is 5.89. The summed E-state index contributed by atoms with van der Waals surface area (Å²) < 4.78 is 5.51. The van der Waals surface area contributed by atoms with E-state index < -0.39 is 6.04 Å². The summed E-state index contributed by atoms with van der Waals surface area (Å²) in [6.45, 7) is 1.13. The minimum atomic E-state index is -0.413. The number of hydrogen-bond donors (Lipinski definition) is 0. The van der Waals surface area contributed by atoms with Crippen molar-refractivity contribution in [2.24, 2.45) is 5.92 Å². The van der Waals surface area contributed by atoms with Gasteiger partial charge in [-0.2, -0.15) is 0 Å². The molecule has 1 saturated carbocycles. The molecule has 1 saturated heterocycles. The summed E-state index contributed by atoms with van der Waals surface area (Å²) >= 11 is 0. The van der Waals surface area contributed by atoms with Crippen LogP contribution in [-0.4, -0.2) is 36.0 Å². The molecule has 1 aromatic carbocycles. The molecule has 130 valence electrons. The molecule has 2 aliphatic rings. The van der Waals surface area contributed by atoms with Crippen molar-refractivity contribution in [1.82, 2.24) is 4.90 Å². The number of carbonyl (C=O) groups is 2. The molecule has 0 unspecified atom stereocenters. The van der Waals surface area contributed by atoms with Crippen LogP contribution in [0.4, 0.5) is 0 Å². The Bertz CT molecular complexity index is 551. The molecule has 24 heavy (non-hydrogen) atoms. The molecular weight excluding hydrogens is 302 g/mol. The summed E-state index contributed by atoms with van der Waals surface area (Å²) in [5.74, 6) is 0.409. The van der Waals surface area contributed by atoms with Gasteiger partial charge in [0.2, 0.25) is 0 Å². The highest BCUT2D eigenvalue weighted by Gasteiger charge is 2.35. The summed E-state index contributed by atoms with van der Waals surface area (Å²) in [6.07, 6.45) is 9.02. The van der Waals surface area contributed by atoms with Gasteiger partial charge < -0.3 is 9.64 Å². The van der Waals surface area contributed by atoms with E-state index >= 15 is 0 Å². The second-order valence-electron chi connectivity index (χ2n) is 6.98. The van der Waals surface area contributed by atoms with Crippen LogP contribution in [0.2, 0.25) is 0 Å². The first-order chi connectivity index (χ1) is 11.8. The summed E-state index contributed by atoms with van der Waals surface area (Å²) in [5, 5.41) is 0. The molecule has 0 radical (unpaired) electrons. The second-order valence-corrected chi connectivity index (χ2v) is 6.98. The highest BCUT2D eigenvalue weighted by Crippen LogP contribution is 2.26. The Morgan fingerprint density at radius 1 is 1.00 bits per heavy atom. The number of esters is 1. The molecule has 1 amide bonds. The molecule has 2 fully saturated rings. The Balaban J connectivity index is 1.51. The smallest absolute Gasteiger partial charge is 0.328 e. The first kappa shape index (κ1) is 17.0. The van der Waals surface area contributed by atoms with Crippen LogP contribution in [0.15, 0.2) is 30.3 Å². The van der Waals surface area contributed by atoms with E-state index in [1.807, 2.05) is 18.2 Å². The predicted octanol–water partition coefficient (Wildman–Crippen LogP) is 3.80. The van der Waals surface area contributed by atoms with Crippen molar-refractivity contribution in [1.29, 1.82) is 0 Å². The van der Waals surface area contributed by atoms with Gasteiger partial charge in [0.15, 0.2) is 0 Å². The fraction of sp³-hybridized carbons (Fsp3) is 0.600. The van der Waals surface area contributed by atoms with E-state index in [9.17, 15) is 9.59 Å². The van der Waals surface area contributed by atoms with E-state index in [0.717, 1.165) is 12.8 Å². The SMILES string of the molecule is O=C(OCCC1CCCCC1)[C@H]1CCCN1C(=O)c1ccccc1. The Morgan fingerprint density at radius 2 is 1.75 bits per heavy atom. The first-order valence-corrected chi connectivity index (χ1v) is 9.28. The Hall–Kier alpha value is -1.84. The molecule has 1 heterocycles. The number of nitrogens with zero attached hydrogens (tertiary/aromatic N) is 1. The lowest BCUT2D eigenvalue weighted by molar-refractivity contribution is -0.148. The zero-order valence-corrected chi connectivity index (χ0v) is 14.3. The fourth-order valence-electron chi connectivity index (χ4n) is 3.90. The summed E-state index contributed by atoms with van der Waals surface area (Å²) in [7, 11) is 0. The second kappa shape index (κ2) is 8.32. The van der Waals surface area contributed by atoms with Gasteiger partial charge >= 0.3 is 5.97 Å². The molecule has 4 nitrogen and oxygen atoms in total. The highest BCUT2D eigenvalue weighted by molar-refractivity contribution is 5.97. The van der Waals surface area contributed by atoms with Gasteiger partial charge in [-0.05, 0) is 37.3 Å². The molecule has 1 atom stereocenters. The van der Waals surface area contributed by atoms with Gasteiger partial charge in [-0.1, -0.05) is 50.3 Å². The van der Waals surface area contributed by atoms with Gasteiger partial charge in [-0.3, -0.25) is 4.79 Å². The molecule has 0 aromatic heterocycles. The van der Waals surface area contributed by atoms with Crippen LogP contribution in [0.1, 0.15) is 61.7 Å². The maximum Gasteiger partial charge on any atom is 0.328 e. The molecule has 0 N–H and O–H groups in total. The molecule has 0 bridgehead atoms. The number of amides is 1. The van der Waals surface area contributed by atoms with Crippen molar-refractivity contribution in [3.8, 4) is 0 Å². The minimum absolute atomic E-state index is 0.0673. The van der Waals surface area contributed by atoms with E-state index in [1.165, 1.54) is 32.1 Å². The molecule has 4 heteroatoms. The third kappa shape index (κ3) is 4.16. The topological polar surface area (TPSA) is 46.6 Å². The molecule has 3 rings (SSSR count). The normalized spacial score (nSPS) is 21.7. The van der Waals surface area contributed by atoms with Gasteiger partial charge in [0.05, 0.1) is 6.61 Å². The van der Waals surface area contributed by atoms with Gasteiger partial charge in [-0.25, -0.2) is 4.79 Å². The number of likely N-dealkylation sites (tertiary alicyclic amines) is 1. The monoisotopic (exact) mass is 329 g/mol. The van der Waals surface area contributed by atoms with Crippen LogP contribution in [0.3, 0.4) is 0 Å². The zero-order chi connectivity index (χ0) is 16.8. The van der Waals surface area contributed by atoms with Crippen molar-refractivity contribution < 1.29 is 14.3 Å². The van der Waals surface area contributed by atoms with Crippen LogP contribution in [0, 0.1) is 5.92 Å². The van der Waals surface area contributed by atoms with E-state index in [2.05, 4.69) is 0 Å². The van der Waals surface area contributed by atoms with Crippen LogP contribution in [0.25, 0.3) is 0 Å². The van der Waals surface area contributed by atoms with Gasteiger partial charge in [-0.15, -0.1) is 0 Å². The third-order valence-electron chi connectivity index (χ3n) is 5.30. The van der Waals surface area contributed by atoms with E-state index in [-0.39, 0.29) is 11.9 Å². The average molecular weight is 329 g/mol. The van der Waals surface area contributed by atoms with Crippen LogP contribution >= 0.6 is 0 Å². The maximum absolute atomic E-state index is 12.6. The number of benzene rings is 1. The molecule has 0 spiro atoms. The quantitative estimate of drug-likeness (QED) is 0.772. The lowest BCUT2D eigenvalue weighted by Crippen LogP contribution is -2.41. The summed E-state index contributed by atoms with van der Waals surface area (Å²) in [4.78, 5) is 26.7. The van der Waals surface area contributed by atoms with Crippen LogP contribution < -0.4 is 0 Å². The molecule has 1 aromatic rings. The van der Waals surface area contributed by atoms with Gasteiger partial charge in [0.25, 0.3) is 5.91 Å². The lowest BCUT2D eigenvalue weighted by Gasteiger charge is -2.24. The van der Waals surface area contributed by atoms with E-state index in [0.29, 0.717) is 31.1 Å². The summed E-state index contributed by atoms with van der Waals surface area (Å²) in [5.41, 5.74) is 0.638. The first-order valence-electron chi connectivity index (χ1n) is 9.28. The number of rotatable bonds is 5. The van der Waals surface area contributed by atoms with Crippen molar-refractivity contribution in [2.75, 3.05) is 13.2 Å². The lowest BCUT2D eigenvalue weighted by atomic mass is 9.87. The zero-order valence-electron chi connectivity index (χ0n) is 14.3. The van der Waals surface area contributed by atoms with E-state index in [1.54, 1.807) is 17.0 Å². The Labute approximate surface area is 144 Å². The van der Waals surface area contributed by atoms with Crippen molar-refractivity contribution in [2.45, 2.75) is 57.4 Å². The van der Waals surface area contributed by atoms with Crippen LogP contribution in [-0.2, 0) is 9.53 Å². The maximum atomic E-state index is 12.6. The average Bonchev–Trinajstić information content (AvgIpc) is 3.12. The predicted molar refractivity (Wildman–Crippen MR) is 92.7 cm³/mol. The number of ether oxygens (including phenoxy) is 1. The minimum Gasteiger partial charge on any atom is -0.464 e. The van der Waals surface area contributed by atoms with Crippen molar-refractivity contribution in [3.05, 3.63) is 35.9 Å². The largest absolute Gasteiger partial charge is 0.464 e. The molecule has 1 aliphatic carbocycles. The standard InChI is InChI=1S/C20H27NO3/c22-19(17-10-5-2-6-11-17)21-14-7-12-18(21)20(23)24-15-13-16-8-3-1-4-9-16/h2,5-6,10-11,16,18H,1,3-4,7-9,12-15H2/t18-/m1/s1. The molecular formula is C20H27NO3. The van der Waals surface area contributed by atoms with E-state index in [4.69, 9.17) is 4.74 Å². The van der Waals surface area contributed by atoms with Crippen molar-refractivity contribution in [3.63, 3.8) is 0 Å². The van der Waals surface area contributed by atoms with Gasteiger partial charge in [0, 0.05) is 12.1 Å². The van der Waals surface area contributed by atoms with Crippen LogP contribution in [0.5, 0.6) is 0 Å². The van der Waals surface area contributed by atoms with Crippen molar-refractivity contribution >= 4 is 11.9 Å².